The van der Waals surface area contributed by atoms with E-state index in [1.165, 1.54) is 18.4 Å². The Morgan fingerprint density at radius 2 is 1.86 bits per heavy atom. The average molecular weight is 593 g/mol. The number of rotatable bonds is 6. The Bertz CT molecular complexity index is 1530. The predicted octanol–water partition coefficient (Wildman–Crippen LogP) is 4.06. The minimum atomic E-state index is -2.05. The van der Waals surface area contributed by atoms with Crippen LogP contribution < -0.4 is 0 Å². The van der Waals surface area contributed by atoms with E-state index in [2.05, 4.69) is 0 Å². The van der Waals surface area contributed by atoms with E-state index in [0.717, 1.165) is 11.1 Å². The number of fused-ring (bicyclic) bond motifs is 7. The zero-order valence-electron chi connectivity index (χ0n) is 24.3. The summed E-state index contributed by atoms with van der Waals surface area (Å²) in [5.41, 5.74) is -2.70. The number of halogens is 1. The Balaban J connectivity index is 1.19. The largest absolute Gasteiger partial charge is 0.469 e. The summed E-state index contributed by atoms with van der Waals surface area (Å²) >= 11 is 0. The molecule has 3 N–H and O–H groups in total. The minimum absolute atomic E-state index is 0.0314. The lowest BCUT2D eigenvalue weighted by Gasteiger charge is -2.62. The summed E-state index contributed by atoms with van der Waals surface area (Å²) in [6.07, 6.45) is 4.60. The van der Waals surface area contributed by atoms with Gasteiger partial charge in [0.15, 0.2) is 29.1 Å². The molecule has 0 amide bonds. The molecule has 4 fully saturated rings. The number of carbonyl (C=O) groups excluding carboxylic acids is 2. The molecular formula is C34H37FO8. The second-order valence-corrected chi connectivity index (χ2v) is 13.4. The van der Waals surface area contributed by atoms with Gasteiger partial charge in [0.1, 0.15) is 12.4 Å². The van der Waals surface area contributed by atoms with E-state index >= 15 is 4.39 Å². The van der Waals surface area contributed by atoms with Gasteiger partial charge in [-0.2, -0.15) is 0 Å². The van der Waals surface area contributed by atoms with Crippen molar-refractivity contribution >= 4 is 11.6 Å². The molecule has 0 spiro atoms. The first kappa shape index (κ1) is 28.8. The molecule has 5 aliphatic rings. The number of furan rings is 1. The number of aliphatic hydroxyl groups excluding tert-OH is 3. The number of allylic oxidation sites excluding steroid dienone is 4. The van der Waals surface area contributed by atoms with Crippen LogP contribution in [0.5, 0.6) is 0 Å². The predicted molar refractivity (Wildman–Crippen MR) is 151 cm³/mol. The van der Waals surface area contributed by atoms with E-state index in [4.69, 9.17) is 13.9 Å². The van der Waals surface area contributed by atoms with Crippen LogP contribution >= 0.6 is 0 Å². The number of carbonyl (C=O) groups is 2. The van der Waals surface area contributed by atoms with Crippen molar-refractivity contribution in [3.8, 4) is 0 Å². The smallest absolute Gasteiger partial charge is 0.193 e. The molecule has 2 heterocycles. The average Bonchev–Trinajstić information content (AvgIpc) is 3.67. The standard InChI is InChI=1S/C34H37FO8/c1-31-10-9-23(38)13-22(31)7-8-25-26-14-29-34(28(40)17-37,32(26,2)15-27(39)33(25,31)35)43-30(42-29)21-12-24(41-18-21)11-19-3-5-20(16-36)6-4-19/h3-6,9-10,12-13,18,25-27,29-30,36-37,39H,7-8,11,14-17H2,1-2H3/t25-,26-,27-,29+,30+,31-,32-,33-,34+/m0/s1. The van der Waals surface area contributed by atoms with E-state index in [-0.39, 0.29) is 24.7 Å². The van der Waals surface area contributed by atoms with Crippen molar-refractivity contribution in [2.24, 2.45) is 22.7 Å². The van der Waals surface area contributed by atoms with Crippen LogP contribution in [0.25, 0.3) is 0 Å². The highest BCUT2D eigenvalue weighted by Gasteiger charge is 2.79. The molecule has 2 aromatic rings. The SMILES string of the molecule is C[C@]12C=CC(=O)C=C1CC[C@H]1[C@@H]3C[C@H]4O[C@@H](c5coc(Cc6ccc(CO)cc6)c5)O[C@@]4(C(=O)CO)[C@@]3(C)C[C@H](O)[C@@]12F. The molecule has 3 saturated carbocycles. The number of Topliss-reactive ketones (excluding diaryl/α,β-unsaturated/α-hetero) is 1. The summed E-state index contributed by atoms with van der Waals surface area (Å²) in [6.45, 7) is 2.82. The topological polar surface area (TPSA) is 126 Å². The maximum Gasteiger partial charge on any atom is 0.193 e. The number of ketones is 2. The van der Waals surface area contributed by atoms with E-state index in [1.54, 1.807) is 13.0 Å². The van der Waals surface area contributed by atoms with Gasteiger partial charge in [0.05, 0.1) is 25.1 Å². The first-order chi connectivity index (χ1) is 20.5. The highest BCUT2D eigenvalue weighted by Crippen LogP contribution is 2.72. The molecule has 8 nitrogen and oxygen atoms in total. The van der Waals surface area contributed by atoms with Crippen LogP contribution in [0.2, 0.25) is 0 Å². The third-order valence-electron chi connectivity index (χ3n) is 11.5. The summed E-state index contributed by atoms with van der Waals surface area (Å²) in [6, 6.07) is 9.35. The fourth-order valence-corrected chi connectivity index (χ4v) is 9.30. The molecule has 1 aliphatic heterocycles. The maximum atomic E-state index is 17.5. The third-order valence-corrected chi connectivity index (χ3v) is 11.5. The Morgan fingerprint density at radius 3 is 2.58 bits per heavy atom. The van der Waals surface area contributed by atoms with E-state index in [9.17, 15) is 24.9 Å². The third kappa shape index (κ3) is 3.78. The normalized spacial score (nSPS) is 41.3. The van der Waals surface area contributed by atoms with Gasteiger partial charge in [-0.3, -0.25) is 9.59 Å². The summed E-state index contributed by atoms with van der Waals surface area (Å²) < 4.78 is 36.3. The van der Waals surface area contributed by atoms with E-state index < -0.39 is 58.9 Å². The molecule has 1 saturated heterocycles. The molecule has 0 radical (unpaired) electrons. The summed E-state index contributed by atoms with van der Waals surface area (Å²) in [7, 11) is 0. The Morgan fingerprint density at radius 1 is 1.12 bits per heavy atom. The molecule has 1 aromatic heterocycles. The number of hydrogen-bond donors (Lipinski definition) is 3. The van der Waals surface area contributed by atoms with Gasteiger partial charge in [0.25, 0.3) is 0 Å². The zero-order valence-corrected chi connectivity index (χ0v) is 24.3. The number of hydrogen-bond acceptors (Lipinski definition) is 8. The van der Waals surface area contributed by atoms with Crippen LogP contribution in [0.3, 0.4) is 0 Å². The lowest BCUT2D eigenvalue weighted by Crippen LogP contribution is -2.69. The molecule has 0 bridgehead atoms. The van der Waals surface area contributed by atoms with Crippen molar-refractivity contribution in [1.29, 1.82) is 0 Å². The van der Waals surface area contributed by atoms with Crippen molar-refractivity contribution in [3.63, 3.8) is 0 Å². The lowest BCUT2D eigenvalue weighted by atomic mass is 9.44. The van der Waals surface area contributed by atoms with Gasteiger partial charge >= 0.3 is 0 Å². The van der Waals surface area contributed by atoms with Crippen molar-refractivity contribution < 1.29 is 43.2 Å². The van der Waals surface area contributed by atoms with Gasteiger partial charge in [0.2, 0.25) is 0 Å². The van der Waals surface area contributed by atoms with Crippen LogP contribution in [0, 0.1) is 22.7 Å². The van der Waals surface area contributed by atoms with Crippen LogP contribution in [0.1, 0.15) is 68.3 Å². The van der Waals surface area contributed by atoms with Gasteiger partial charge in [-0.1, -0.05) is 42.8 Å². The van der Waals surface area contributed by atoms with Crippen LogP contribution in [0.4, 0.5) is 4.39 Å². The molecule has 0 unspecified atom stereocenters. The quantitative estimate of drug-likeness (QED) is 0.459. The van der Waals surface area contributed by atoms with Crippen molar-refractivity contribution in [2.75, 3.05) is 6.61 Å². The van der Waals surface area contributed by atoms with E-state index in [0.29, 0.717) is 42.6 Å². The summed E-state index contributed by atoms with van der Waals surface area (Å²) in [5.74, 6) is -1.03. The zero-order chi connectivity index (χ0) is 30.4. The minimum Gasteiger partial charge on any atom is -0.469 e. The van der Waals surface area contributed by atoms with E-state index in [1.807, 2.05) is 37.3 Å². The van der Waals surface area contributed by atoms with Gasteiger partial charge in [0, 0.05) is 28.7 Å². The van der Waals surface area contributed by atoms with Crippen LogP contribution in [-0.4, -0.2) is 57.0 Å². The van der Waals surface area contributed by atoms with Gasteiger partial charge < -0.3 is 29.2 Å². The number of aliphatic hydroxyl groups is 3. The van der Waals surface area contributed by atoms with Gasteiger partial charge in [-0.25, -0.2) is 4.39 Å². The molecule has 228 valence electrons. The van der Waals surface area contributed by atoms with Gasteiger partial charge in [-0.15, -0.1) is 0 Å². The van der Waals surface area contributed by atoms with Gasteiger partial charge in [-0.05, 0) is 67.9 Å². The van der Waals surface area contributed by atoms with Crippen LogP contribution in [-0.2, 0) is 32.1 Å². The molecule has 9 heteroatoms. The fourth-order valence-electron chi connectivity index (χ4n) is 9.30. The van der Waals surface area contributed by atoms with Crippen molar-refractivity contribution in [2.45, 2.75) is 82.3 Å². The highest BCUT2D eigenvalue weighted by atomic mass is 19.1. The second-order valence-electron chi connectivity index (χ2n) is 13.4. The Hall–Kier alpha value is -2.95. The second kappa shape index (κ2) is 9.78. The fraction of sp³-hybridized carbons (Fsp3) is 0.529. The van der Waals surface area contributed by atoms with Crippen LogP contribution in [0.15, 0.2) is 64.8 Å². The number of alkyl halides is 1. The van der Waals surface area contributed by atoms with Crippen molar-refractivity contribution in [3.05, 3.63) is 82.8 Å². The lowest BCUT2D eigenvalue weighted by molar-refractivity contribution is -0.231. The summed E-state index contributed by atoms with van der Waals surface area (Å²) in [4.78, 5) is 25.8. The van der Waals surface area contributed by atoms with Crippen molar-refractivity contribution in [1.82, 2.24) is 0 Å². The number of ether oxygens (including phenoxy) is 2. The Labute approximate surface area is 249 Å². The molecule has 1 aromatic carbocycles. The molecule has 43 heavy (non-hydrogen) atoms. The first-order valence-corrected chi connectivity index (χ1v) is 15.0. The molecule has 7 rings (SSSR count). The molecular weight excluding hydrogens is 555 g/mol. The Kier molecular flexibility index (Phi) is 6.55. The maximum absolute atomic E-state index is 17.5. The highest BCUT2D eigenvalue weighted by molar-refractivity contribution is 6.01. The molecule has 4 aliphatic carbocycles. The summed E-state index contributed by atoms with van der Waals surface area (Å²) in [5, 5.41) is 31.1. The molecule has 9 atom stereocenters. The monoisotopic (exact) mass is 592 g/mol. The number of benzene rings is 1. The first-order valence-electron chi connectivity index (χ1n) is 15.0.